The lowest BCUT2D eigenvalue weighted by Gasteiger charge is -2.34. The van der Waals surface area contributed by atoms with Gasteiger partial charge in [0.2, 0.25) is 5.91 Å². The Bertz CT molecular complexity index is 887. The second-order valence-electron chi connectivity index (χ2n) is 6.45. The summed E-state index contributed by atoms with van der Waals surface area (Å²) in [4.78, 5) is 21.9. The van der Waals surface area contributed by atoms with Gasteiger partial charge in [-0.05, 0) is 29.1 Å². The van der Waals surface area contributed by atoms with E-state index in [1.807, 2.05) is 22.4 Å². The van der Waals surface area contributed by atoms with Crippen molar-refractivity contribution in [2.45, 2.75) is 13.0 Å². The van der Waals surface area contributed by atoms with Crippen LogP contribution in [-0.4, -0.2) is 52.0 Å². The average molecular weight is 386 g/mol. The van der Waals surface area contributed by atoms with E-state index in [1.165, 1.54) is 12.1 Å². The van der Waals surface area contributed by atoms with Gasteiger partial charge in [0.1, 0.15) is 5.82 Å². The summed E-state index contributed by atoms with van der Waals surface area (Å²) in [5.41, 5.74) is 0.830. The van der Waals surface area contributed by atoms with Crippen LogP contribution in [0.3, 0.4) is 0 Å². The highest BCUT2D eigenvalue weighted by molar-refractivity contribution is 7.13. The number of piperazine rings is 1. The highest BCUT2D eigenvalue weighted by atomic mass is 32.1. The van der Waals surface area contributed by atoms with Gasteiger partial charge in [0.05, 0.1) is 17.8 Å². The molecule has 0 spiro atoms. The fourth-order valence-corrected chi connectivity index (χ4v) is 3.71. The van der Waals surface area contributed by atoms with Crippen molar-refractivity contribution in [2.24, 2.45) is 0 Å². The summed E-state index contributed by atoms with van der Waals surface area (Å²) in [7, 11) is 0. The van der Waals surface area contributed by atoms with Crippen molar-refractivity contribution in [1.29, 1.82) is 0 Å². The predicted molar refractivity (Wildman–Crippen MR) is 99.6 cm³/mol. The largest absolute Gasteiger partial charge is 0.340 e. The fourth-order valence-electron chi connectivity index (χ4n) is 3.06. The van der Waals surface area contributed by atoms with Gasteiger partial charge in [-0.25, -0.2) is 4.39 Å². The van der Waals surface area contributed by atoms with Gasteiger partial charge in [0.15, 0.2) is 5.82 Å². The molecular weight excluding hydrogens is 367 g/mol. The van der Waals surface area contributed by atoms with Crippen LogP contribution in [0.25, 0.3) is 10.8 Å². The monoisotopic (exact) mass is 386 g/mol. The summed E-state index contributed by atoms with van der Waals surface area (Å²) in [5, 5.41) is 6.02. The molecule has 0 atom stereocenters. The van der Waals surface area contributed by atoms with Crippen LogP contribution < -0.4 is 0 Å². The molecule has 1 aromatic carbocycles. The summed E-state index contributed by atoms with van der Waals surface area (Å²) in [6.07, 6.45) is 0.301. The van der Waals surface area contributed by atoms with Gasteiger partial charge < -0.3 is 9.42 Å². The van der Waals surface area contributed by atoms with E-state index in [0.29, 0.717) is 37.8 Å². The van der Waals surface area contributed by atoms with Gasteiger partial charge in [-0.1, -0.05) is 23.4 Å². The lowest BCUT2D eigenvalue weighted by Crippen LogP contribution is -2.48. The molecule has 6 nitrogen and oxygen atoms in total. The average Bonchev–Trinajstić information content (AvgIpc) is 3.36. The first-order valence-electron chi connectivity index (χ1n) is 8.78. The van der Waals surface area contributed by atoms with Gasteiger partial charge in [-0.2, -0.15) is 4.98 Å². The Kier molecular flexibility index (Phi) is 5.26. The first-order valence-corrected chi connectivity index (χ1v) is 9.66. The van der Waals surface area contributed by atoms with E-state index in [2.05, 4.69) is 15.0 Å². The Morgan fingerprint density at radius 1 is 1.15 bits per heavy atom. The molecule has 0 saturated carbocycles. The summed E-state index contributed by atoms with van der Waals surface area (Å²) in [6, 6.07) is 9.99. The molecule has 3 heterocycles. The van der Waals surface area contributed by atoms with Gasteiger partial charge in [-0.15, -0.1) is 11.3 Å². The third-order valence-electron chi connectivity index (χ3n) is 4.56. The minimum Gasteiger partial charge on any atom is -0.340 e. The van der Waals surface area contributed by atoms with Crippen molar-refractivity contribution in [1.82, 2.24) is 19.9 Å². The van der Waals surface area contributed by atoms with E-state index in [-0.39, 0.29) is 11.7 Å². The molecule has 1 aliphatic heterocycles. The van der Waals surface area contributed by atoms with Crippen molar-refractivity contribution in [3.05, 3.63) is 59.0 Å². The maximum Gasteiger partial charge on any atom is 0.268 e. The van der Waals surface area contributed by atoms with Gasteiger partial charge in [0.25, 0.3) is 5.89 Å². The molecule has 0 bridgehead atoms. The Labute approximate surface area is 160 Å². The van der Waals surface area contributed by atoms with E-state index >= 15 is 0 Å². The number of rotatable bonds is 5. The van der Waals surface area contributed by atoms with E-state index in [1.54, 1.807) is 23.5 Å². The molecule has 1 saturated heterocycles. The summed E-state index contributed by atoms with van der Waals surface area (Å²) >= 11 is 1.57. The van der Waals surface area contributed by atoms with Crippen molar-refractivity contribution in [3.8, 4) is 10.8 Å². The molecule has 3 aromatic rings. The number of carbonyl (C=O) groups excluding carboxylic acids is 1. The van der Waals surface area contributed by atoms with Crippen molar-refractivity contribution in [3.63, 3.8) is 0 Å². The molecule has 0 aliphatic carbocycles. The lowest BCUT2D eigenvalue weighted by atomic mass is 10.1. The number of amides is 1. The lowest BCUT2D eigenvalue weighted by molar-refractivity contribution is -0.132. The van der Waals surface area contributed by atoms with Gasteiger partial charge in [0, 0.05) is 26.2 Å². The third-order valence-corrected chi connectivity index (χ3v) is 5.42. The molecule has 1 amide bonds. The first-order chi connectivity index (χ1) is 13.2. The molecule has 0 N–H and O–H groups in total. The van der Waals surface area contributed by atoms with Crippen LogP contribution in [0.15, 0.2) is 46.3 Å². The summed E-state index contributed by atoms with van der Waals surface area (Å²) in [5.74, 6) is 0.988. The van der Waals surface area contributed by atoms with Crippen LogP contribution in [0, 0.1) is 5.82 Å². The molecule has 2 aromatic heterocycles. The van der Waals surface area contributed by atoms with Gasteiger partial charge in [-0.3, -0.25) is 9.69 Å². The molecule has 1 fully saturated rings. The van der Waals surface area contributed by atoms with Crippen LogP contribution in [0.2, 0.25) is 0 Å². The van der Waals surface area contributed by atoms with Crippen LogP contribution in [0.1, 0.15) is 11.4 Å². The van der Waals surface area contributed by atoms with Crippen LogP contribution >= 0.6 is 11.3 Å². The number of halogens is 1. The Morgan fingerprint density at radius 3 is 2.63 bits per heavy atom. The number of hydrogen-bond donors (Lipinski definition) is 0. The first kappa shape index (κ1) is 17.8. The zero-order chi connectivity index (χ0) is 18.6. The number of nitrogens with zero attached hydrogens (tertiary/aromatic N) is 4. The normalized spacial score (nSPS) is 15.2. The molecule has 0 unspecified atom stereocenters. The molecule has 27 heavy (non-hydrogen) atoms. The minimum atomic E-state index is -0.288. The number of carbonyl (C=O) groups is 1. The number of thiophene rings is 1. The van der Waals surface area contributed by atoms with E-state index in [0.717, 1.165) is 23.5 Å². The summed E-state index contributed by atoms with van der Waals surface area (Å²) in [6.45, 7) is 3.45. The topological polar surface area (TPSA) is 62.5 Å². The van der Waals surface area contributed by atoms with Crippen molar-refractivity contribution >= 4 is 17.2 Å². The molecule has 0 radical (unpaired) electrons. The second-order valence-corrected chi connectivity index (χ2v) is 7.40. The smallest absolute Gasteiger partial charge is 0.268 e. The number of hydrogen-bond acceptors (Lipinski definition) is 6. The Hall–Kier alpha value is -2.58. The molecule has 1 aliphatic rings. The number of aromatic nitrogens is 2. The molecule has 4 rings (SSSR count). The highest BCUT2D eigenvalue weighted by Gasteiger charge is 2.22. The van der Waals surface area contributed by atoms with E-state index < -0.39 is 0 Å². The third kappa shape index (κ3) is 4.40. The second kappa shape index (κ2) is 7.98. The maximum atomic E-state index is 13.0. The van der Waals surface area contributed by atoms with Crippen LogP contribution in [0.4, 0.5) is 4.39 Å². The molecule has 140 valence electrons. The van der Waals surface area contributed by atoms with E-state index in [4.69, 9.17) is 4.52 Å². The van der Waals surface area contributed by atoms with Gasteiger partial charge >= 0.3 is 0 Å². The predicted octanol–water partition coefficient (Wildman–Crippen LogP) is 2.82. The van der Waals surface area contributed by atoms with E-state index in [9.17, 15) is 9.18 Å². The minimum absolute atomic E-state index is 0.0702. The quantitative estimate of drug-likeness (QED) is 0.675. The van der Waals surface area contributed by atoms with Crippen LogP contribution in [-0.2, 0) is 17.8 Å². The standard InChI is InChI=1S/C19H19FN4O2S/c20-15-5-3-14(4-6-15)12-18(25)24-9-7-23(8-10-24)13-17-21-19(26-22-17)16-2-1-11-27-16/h1-6,11H,7-10,12-13H2. The zero-order valence-electron chi connectivity index (χ0n) is 14.7. The summed E-state index contributed by atoms with van der Waals surface area (Å²) < 4.78 is 18.3. The maximum absolute atomic E-state index is 13.0. The molecular formula is C19H19FN4O2S. The Morgan fingerprint density at radius 2 is 1.93 bits per heavy atom. The highest BCUT2D eigenvalue weighted by Crippen LogP contribution is 2.22. The fraction of sp³-hybridized carbons (Fsp3) is 0.316. The SMILES string of the molecule is O=C(Cc1ccc(F)cc1)N1CCN(Cc2noc(-c3cccs3)n2)CC1. The number of benzene rings is 1. The Balaban J connectivity index is 1.27. The van der Waals surface area contributed by atoms with Crippen LogP contribution in [0.5, 0.6) is 0 Å². The van der Waals surface area contributed by atoms with Crippen molar-refractivity contribution in [2.75, 3.05) is 26.2 Å². The van der Waals surface area contributed by atoms with Crippen molar-refractivity contribution < 1.29 is 13.7 Å². The zero-order valence-corrected chi connectivity index (χ0v) is 15.5. The molecule has 8 heteroatoms.